The van der Waals surface area contributed by atoms with Crippen LogP contribution in [0.2, 0.25) is 0 Å². The normalized spacial score (nSPS) is 11.3. The second kappa shape index (κ2) is 12.3. The third-order valence-electron chi connectivity index (χ3n) is 5.18. The zero-order valence-electron chi connectivity index (χ0n) is 19.7. The van der Waals surface area contributed by atoms with Gasteiger partial charge in [-0.1, -0.05) is 47.5 Å². The molecule has 0 aliphatic carbocycles. The number of hydrogen-bond donors (Lipinski definition) is 1. The molecule has 5 nitrogen and oxygen atoms in total. The van der Waals surface area contributed by atoms with Crippen molar-refractivity contribution in [1.82, 2.24) is 5.32 Å². The van der Waals surface area contributed by atoms with Gasteiger partial charge in [-0.15, -0.1) is 11.8 Å². The standard InChI is InChI=1S/C26H30N2O3S3/c1-20-7-9-23(10-8-20)28(34(30,31)25-13-11-24(32-3)12-14-25)18-26(29)27-15-16-33-19-22-6-4-5-21(2)17-22/h4-14,17H,15-16,18-19H2,1-3H3,(H,27,29). The van der Waals surface area contributed by atoms with Gasteiger partial charge >= 0.3 is 0 Å². The monoisotopic (exact) mass is 514 g/mol. The Balaban J connectivity index is 1.65. The highest BCUT2D eigenvalue weighted by molar-refractivity contribution is 7.98. The SMILES string of the molecule is CSc1ccc(S(=O)(=O)N(CC(=O)NCCSCc2cccc(C)c2)c2ccc(C)cc2)cc1. The van der Waals surface area contributed by atoms with Crippen LogP contribution in [0.5, 0.6) is 0 Å². The summed E-state index contributed by atoms with van der Waals surface area (Å²) in [7, 11) is -3.90. The van der Waals surface area contributed by atoms with Gasteiger partial charge in [-0.05, 0) is 62.1 Å². The van der Waals surface area contributed by atoms with E-state index in [1.54, 1.807) is 59.9 Å². The number of benzene rings is 3. The molecule has 0 aliphatic heterocycles. The van der Waals surface area contributed by atoms with Crippen LogP contribution >= 0.6 is 23.5 Å². The highest BCUT2D eigenvalue weighted by Gasteiger charge is 2.27. The average molecular weight is 515 g/mol. The number of nitrogens with one attached hydrogen (secondary N) is 1. The molecule has 0 aromatic heterocycles. The molecule has 0 atom stereocenters. The Morgan fingerprint density at radius 3 is 2.29 bits per heavy atom. The van der Waals surface area contributed by atoms with Gasteiger partial charge in [-0.3, -0.25) is 9.10 Å². The molecule has 3 aromatic rings. The first-order valence-corrected chi connectivity index (χ1v) is 14.7. The largest absolute Gasteiger partial charge is 0.354 e. The molecule has 8 heteroatoms. The summed E-state index contributed by atoms with van der Waals surface area (Å²) in [5, 5.41) is 2.86. The third kappa shape index (κ3) is 7.29. The lowest BCUT2D eigenvalue weighted by Crippen LogP contribution is -2.41. The van der Waals surface area contributed by atoms with Gasteiger partial charge in [-0.2, -0.15) is 11.8 Å². The molecule has 0 heterocycles. The number of sulfonamides is 1. The zero-order chi connectivity index (χ0) is 24.6. The molecular formula is C26H30N2O3S3. The summed E-state index contributed by atoms with van der Waals surface area (Å²) in [6.07, 6.45) is 1.94. The maximum Gasteiger partial charge on any atom is 0.264 e. The molecule has 0 radical (unpaired) electrons. The lowest BCUT2D eigenvalue weighted by Gasteiger charge is -2.24. The van der Waals surface area contributed by atoms with Crippen LogP contribution in [0.25, 0.3) is 0 Å². The smallest absolute Gasteiger partial charge is 0.264 e. The van der Waals surface area contributed by atoms with Crippen molar-refractivity contribution in [3.05, 3.63) is 89.5 Å². The highest BCUT2D eigenvalue weighted by Crippen LogP contribution is 2.25. The summed E-state index contributed by atoms with van der Waals surface area (Å²) in [6.45, 7) is 4.20. The molecule has 0 aliphatic rings. The number of nitrogens with zero attached hydrogens (tertiary/aromatic N) is 1. The summed E-state index contributed by atoms with van der Waals surface area (Å²) in [6, 6.07) is 22.2. The van der Waals surface area contributed by atoms with Crippen molar-refractivity contribution in [3.8, 4) is 0 Å². The van der Waals surface area contributed by atoms with Gasteiger partial charge in [0.1, 0.15) is 6.54 Å². The summed E-state index contributed by atoms with van der Waals surface area (Å²) < 4.78 is 28.1. The van der Waals surface area contributed by atoms with Crippen molar-refractivity contribution in [2.24, 2.45) is 0 Å². The molecule has 0 bridgehead atoms. The third-order valence-corrected chi connectivity index (χ3v) is 8.74. The molecule has 1 N–H and O–H groups in total. The van der Waals surface area contributed by atoms with Gasteiger partial charge in [0.05, 0.1) is 10.6 Å². The topological polar surface area (TPSA) is 66.5 Å². The second-order valence-electron chi connectivity index (χ2n) is 7.91. The fourth-order valence-electron chi connectivity index (χ4n) is 3.34. The van der Waals surface area contributed by atoms with Crippen molar-refractivity contribution < 1.29 is 13.2 Å². The van der Waals surface area contributed by atoms with Crippen LogP contribution in [0.4, 0.5) is 5.69 Å². The Kier molecular flexibility index (Phi) is 9.50. The number of hydrogen-bond acceptors (Lipinski definition) is 5. The molecule has 0 unspecified atom stereocenters. The average Bonchev–Trinajstić information content (AvgIpc) is 2.83. The molecule has 0 saturated carbocycles. The van der Waals surface area contributed by atoms with E-state index in [9.17, 15) is 13.2 Å². The van der Waals surface area contributed by atoms with Crippen LogP contribution in [-0.4, -0.2) is 39.4 Å². The minimum Gasteiger partial charge on any atom is -0.354 e. The van der Waals surface area contributed by atoms with E-state index in [4.69, 9.17) is 0 Å². The Labute approximate surface area is 211 Å². The Hall–Kier alpha value is -2.42. The maximum atomic E-state index is 13.4. The minimum absolute atomic E-state index is 0.160. The predicted molar refractivity (Wildman–Crippen MR) is 144 cm³/mol. The summed E-state index contributed by atoms with van der Waals surface area (Å²) >= 11 is 3.27. The number of rotatable bonds is 11. The van der Waals surface area contributed by atoms with E-state index in [-0.39, 0.29) is 17.3 Å². The van der Waals surface area contributed by atoms with Crippen molar-refractivity contribution >= 4 is 45.1 Å². The maximum absolute atomic E-state index is 13.4. The van der Waals surface area contributed by atoms with Crippen LogP contribution < -0.4 is 9.62 Å². The van der Waals surface area contributed by atoms with Gasteiger partial charge in [0.25, 0.3) is 10.0 Å². The number of carbonyl (C=O) groups is 1. The first kappa shape index (κ1) is 26.2. The van der Waals surface area contributed by atoms with Crippen molar-refractivity contribution in [1.29, 1.82) is 0 Å². The van der Waals surface area contributed by atoms with E-state index in [1.807, 2.05) is 31.4 Å². The molecular weight excluding hydrogens is 484 g/mol. The number of anilines is 1. The molecule has 0 fully saturated rings. The van der Waals surface area contributed by atoms with Crippen molar-refractivity contribution in [3.63, 3.8) is 0 Å². The van der Waals surface area contributed by atoms with Crippen molar-refractivity contribution in [2.45, 2.75) is 29.4 Å². The van der Waals surface area contributed by atoms with Gasteiger partial charge in [0.2, 0.25) is 5.91 Å². The highest BCUT2D eigenvalue weighted by atomic mass is 32.2. The van der Waals surface area contributed by atoms with Gasteiger partial charge in [-0.25, -0.2) is 8.42 Å². The van der Waals surface area contributed by atoms with Crippen LogP contribution in [0, 0.1) is 13.8 Å². The lowest BCUT2D eigenvalue weighted by molar-refractivity contribution is -0.119. The van der Waals surface area contributed by atoms with E-state index >= 15 is 0 Å². The van der Waals surface area contributed by atoms with Gasteiger partial charge < -0.3 is 5.32 Å². The number of carbonyl (C=O) groups excluding carboxylic acids is 1. The van der Waals surface area contributed by atoms with Crippen LogP contribution in [0.3, 0.4) is 0 Å². The van der Waals surface area contributed by atoms with E-state index in [2.05, 4.69) is 30.4 Å². The molecule has 1 amide bonds. The first-order chi connectivity index (χ1) is 16.3. The fourth-order valence-corrected chi connectivity index (χ4v) is 5.98. The van der Waals surface area contributed by atoms with E-state index in [0.717, 1.165) is 22.0 Å². The van der Waals surface area contributed by atoms with E-state index in [0.29, 0.717) is 12.2 Å². The van der Waals surface area contributed by atoms with Gasteiger partial charge in [0.15, 0.2) is 0 Å². The predicted octanol–water partition coefficient (Wildman–Crippen LogP) is 5.27. The molecule has 0 saturated heterocycles. The summed E-state index contributed by atoms with van der Waals surface area (Å²) in [4.78, 5) is 13.9. The molecule has 34 heavy (non-hydrogen) atoms. The summed E-state index contributed by atoms with van der Waals surface area (Å²) in [5.41, 5.74) is 3.95. The van der Waals surface area contributed by atoms with Crippen molar-refractivity contribution in [2.75, 3.05) is 29.4 Å². The number of aryl methyl sites for hydroxylation is 2. The molecule has 180 valence electrons. The first-order valence-electron chi connectivity index (χ1n) is 10.9. The molecule has 3 aromatic carbocycles. The van der Waals surface area contributed by atoms with E-state index < -0.39 is 10.0 Å². The zero-order valence-corrected chi connectivity index (χ0v) is 22.1. The van der Waals surface area contributed by atoms with Crippen LogP contribution in [-0.2, 0) is 20.6 Å². The molecule has 3 rings (SSSR count). The number of thioether (sulfide) groups is 2. The lowest BCUT2D eigenvalue weighted by atomic mass is 10.2. The molecule has 0 spiro atoms. The van der Waals surface area contributed by atoms with Crippen LogP contribution in [0.15, 0.2) is 82.6 Å². The van der Waals surface area contributed by atoms with Crippen LogP contribution in [0.1, 0.15) is 16.7 Å². The minimum atomic E-state index is -3.90. The Morgan fingerprint density at radius 2 is 1.65 bits per heavy atom. The quantitative estimate of drug-likeness (QED) is 0.279. The summed E-state index contributed by atoms with van der Waals surface area (Å²) in [5.74, 6) is 1.28. The number of amides is 1. The van der Waals surface area contributed by atoms with E-state index in [1.165, 1.54) is 15.4 Å². The Bertz CT molecular complexity index is 1190. The van der Waals surface area contributed by atoms with Gasteiger partial charge in [0, 0.05) is 22.9 Å². The second-order valence-corrected chi connectivity index (χ2v) is 11.8. The fraction of sp³-hybridized carbons (Fsp3) is 0.269. The Morgan fingerprint density at radius 1 is 0.941 bits per heavy atom.